The van der Waals surface area contributed by atoms with Gasteiger partial charge in [0.2, 0.25) is 0 Å². The maximum absolute atomic E-state index is 5.71. The van der Waals surface area contributed by atoms with Crippen molar-refractivity contribution < 1.29 is 4.74 Å². The van der Waals surface area contributed by atoms with Crippen molar-refractivity contribution in [1.29, 1.82) is 0 Å². The zero-order valence-electron chi connectivity index (χ0n) is 7.97. The molecular formula is C10H13Br2NO. The quantitative estimate of drug-likeness (QED) is 0.922. The predicted octanol–water partition coefficient (Wildman–Crippen LogP) is 3.33. The summed E-state index contributed by atoms with van der Waals surface area (Å²) >= 11 is 6.82. The first-order chi connectivity index (χ1) is 6.67. The monoisotopic (exact) mass is 321 g/mol. The minimum Gasteiger partial charge on any atom is -0.488 e. The summed E-state index contributed by atoms with van der Waals surface area (Å²) in [6.07, 6.45) is 1.01. The second-order valence-corrected chi connectivity index (χ2v) is 4.73. The van der Waals surface area contributed by atoms with E-state index in [0.717, 1.165) is 21.1 Å². The Labute approximate surface area is 101 Å². The van der Waals surface area contributed by atoms with Crippen molar-refractivity contribution >= 4 is 31.9 Å². The van der Waals surface area contributed by atoms with Gasteiger partial charge in [-0.15, -0.1) is 0 Å². The Morgan fingerprint density at radius 2 is 2.14 bits per heavy atom. The average molecular weight is 323 g/mol. The zero-order chi connectivity index (χ0) is 10.6. The molecule has 78 valence electrons. The molecular weight excluding hydrogens is 310 g/mol. The van der Waals surface area contributed by atoms with Gasteiger partial charge in [0, 0.05) is 11.0 Å². The topological polar surface area (TPSA) is 35.2 Å². The van der Waals surface area contributed by atoms with Gasteiger partial charge in [0.25, 0.3) is 0 Å². The minimum absolute atomic E-state index is 0.0903. The molecule has 1 aromatic rings. The van der Waals surface area contributed by atoms with E-state index >= 15 is 0 Å². The highest BCUT2D eigenvalue weighted by molar-refractivity contribution is 9.11. The first-order valence-corrected chi connectivity index (χ1v) is 6.07. The van der Waals surface area contributed by atoms with Gasteiger partial charge in [-0.2, -0.15) is 0 Å². The Balaban J connectivity index is 2.76. The van der Waals surface area contributed by atoms with E-state index in [2.05, 4.69) is 38.8 Å². The molecule has 4 heteroatoms. The highest BCUT2D eigenvalue weighted by atomic mass is 79.9. The molecule has 0 fully saturated rings. The lowest BCUT2D eigenvalue weighted by Crippen LogP contribution is -2.25. The van der Waals surface area contributed by atoms with Crippen LogP contribution in [0.5, 0.6) is 5.75 Å². The van der Waals surface area contributed by atoms with Crippen molar-refractivity contribution in [3.63, 3.8) is 0 Å². The molecule has 2 nitrogen and oxygen atoms in total. The van der Waals surface area contributed by atoms with Crippen LogP contribution >= 0.6 is 31.9 Å². The molecule has 0 heterocycles. The summed E-state index contributed by atoms with van der Waals surface area (Å²) in [4.78, 5) is 0. The molecule has 14 heavy (non-hydrogen) atoms. The Kier molecular flexibility index (Phi) is 4.92. The first-order valence-electron chi connectivity index (χ1n) is 4.49. The fourth-order valence-electron chi connectivity index (χ4n) is 1.05. The van der Waals surface area contributed by atoms with Crippen molar-refractivity contribution in [2.24, 2.45) is 5.73 Å². The molecule has 0 saturated heterocycles. The maximum Gasteiger partial charge on any atom is 0.134 e. The normalized spacial score (nSPS) is 12.6. The fourth-order valence-corrected chi connectivity index (χ4v) is 2.19. The molecule has 1 unspecified atom stereocenters. The molecule has 1 atom stereocenters. The molecule has 0 aliphatic carbocycles. The third kappa shape index (κ3) is 3.26. The predicted molar refractivity (Wildman–Crippen MR) is 65.6 cm³/mol. The van der Waals surface area contributed by atoms with Gasteiger partial charge in [0.15, 0.2) is 0 Å². The summed E-state index contributed by atoms with van der Waals surface area (Å²) < 4.78 is 7.67. The van der Waals surface area contributed by atoms with Gasteiger partial charge >= 0.3 is 0 Å². The molecule has 2 N–H and O–H groups in total. The summed E-state index contributed by atoms with van der Waals surface area (Å²) in [6, 6.07) is 5.83. The van der Waals surface area contributed by atoms with Crippen molar-refractivity contribution in [3.8, 4) is 5.75 Å². The van der Waals surface area contributed by atoms with Crippen LogP contribution in [0.2, 0.25) is 0 Å². The lowest BCUT2D eigenvalue weighted by Gasteiger charge is -2.16. The standard InChI is InChI=1S/C10H13Br2NO/c1-2-8(6-13)14-10-4-3-7(11)5-9(10)12/h3-5,8H,2,6,13H2,1H3. The molecule has 1 rings (SSSR count). The van der Waals surface area contributed by atoms with E-state index in [0.29, 0.717) is 6.54 Å². The van der Waals surface area contributed by atoms with Crippen molar-refractivity contribution in [1.82, 2.24) is 0 Å². The fraction of sp³-hybridized carbons (Fsp3) is 0.400. The van der Waals surface area contributed by atoms with E-state index in [9.17, 15) is 0 Å². The lowest BCUT2D eigenvalue weighted by molar-refractivity contribution is 0.204. The first kappa shape index (κ1) is 12.0. The highest BCUT2D eigenvalue weighted by Gasteiger charge is 2.08. The van der Waals surface area contributed by atoms with Gasteiger partial charge in [0.05, 0.1) is 4.47 Å². The van der Waals surface area contributed by atoms with Crippen molar-refractivity contribution in [2.45, 2.75) is 19.4 Å². The summed E-state index contributed by atoms with van der Waals surface area (Å²) in [7, 11) is 0. The van der Waals surface area contributed by atoms with E-state index < -0.39 is 0 Å². The van der Waals surface area contributed by atoms with Crippen LogP contribution < -0.4 is 10.5 Å². The van der Waals surface area contributed by atoms with Gasteiger partial charge in [-0.3, -0.25) is 0 Å². The number of hydrogen-bond acceptors (Lipinski definition) is 2. The molecule has 0 radical (unpaired) electrons. The van der Waals surface area contributed by atoms with Crippen LogP contribution in [0.3, 0.4) is 0 Å². The Morgan fingerprint density at radius 3 is 2.64 bits per heavy atom. The van der Waals surface area contributed by atoms with Crippen LogP contribution in [0, 0.1) is 0 Å². The molecule has 0 aliphatic rings. The van der Waals surface area contributed by atoms with Gasteiger partial charge < -0.3 is 10.5 Å². The van der Waals surface area contributed by atoms with Gasteiger partial charge in [0.1, 0.15) is 11.9 Å². The number of ether oxygens (including phenoxy) is 1. The Morgan fingerprint density at radius 1 is 1.43 bits per heavy atom. The van der Waals surface area contributed by atoms with Crippen LogP contribution in [-0.4, -0.2) is 12.6 Å². The molecule has 0 aromatic heterocycles. The third-order valence-corrected chi connectivity index (χ3v) is 3.02. The highest BCUT2D eigenvalue weighted by Crippen LogP contribution is 2.29. The summed E-state index contributed by atoms with van der Waals surface area (Å²) in [5.41, 5.74) is 5.56. The summed E-state index contributed by atoms with van der Waals surface area (Å²) in [6.45, 7) is 2.60. The second kappa shape index (κ2) is 5.73. The summed E-state index contributed by atoms with van der Waals surface area (Å²) in [5.74, 6) is 0.838. The minimum atomic E-state index is 0.0903. The number of benzene rings is 1. The largest absolute Gasteiger partial charge is 0.488 e. The SMILES string of the molecule is CCC(CN)Oc1ccc(Br)cc1Br. The average Bonchev–Trinajstić information content (AvgIpc) is 2.17. The van der Waals surface area contributed by atoms with Crippen LogP contribution in [0.4, 0.5) is 0 Å². The number of hydrogen-bond donors (Lipinski definition) is 1. The van der Waals surface area contributed by atoms with E-state index in [4.69, 9.17) is 10.5 Å². The molecule has 0 bridgehead atoms. The molecule has 0 saturated carbocycles. The Bertz CT molecular complexity index is 300. The van der Waals surface area contributed by atoms with E-state index in [1.165, 1.54) is 0 Å². The molecule has 0 amide bonds. The van der Waals surface area contributed by atoms with Gasteiger partial charge in [-0.1, -0.05) is 22.9 Å². The second-order valence-electron chi connectivity index (χ2n) is 2.96. The zero-order valence-corrected chi connectivity index (χ0v) is 11.1. The van der Waals surface area contributed by atoms with E-state index in [1.807, 2.05) is 18.2 Å². The number of halogens is 2. The molecule has 1 aromatic carbocycles. The van der Waals surface area contributed by atoms with Gasteiger partial charge in [-0.05, 0) is 40.5 Å². The smallest absolute Gasteiger partial charge is 0.134 e. The summed E-state index contributed by atoms with van der Waals surface area (Å²) in [5, 5.41) is 0. The Hall–Kier alpha value is -0.0600. The van der Waals surface area contributed by atoms with Crippen LogP contribution in [-0.2, 0) is 0 Å². The van der Waals surface area contributed by atoms with Crippen LogP contribution in [0.1, 0.15) is 13.3 Å². The van der Waals surface area contributed by atoms with Gasteiger partial charge in [-0.25, -0.2) is 0 Å². The third-order valence-electron chi connectivity index (χ3n) is 1.91. The molecule has 0 aliphatic heterocycles. The number of nitrogens with two attached hydrogens (primary N) is 1. The number of rotatable bonds is 4. The van der Waals surface area contributed by atoms with Crippen LogP contribution in [0.25, 0.3) is 0 Å². The van der Waals surface area contributed by atoms with Crippen molar-refractivity contribution in [3.05, 3.63) is 27.1 Å². The van der Waals surface area contributed by atoms with Crippen LogP contribution in [0.15, 0.2) is 27.1 Å². The van der Waals surface area contributed by atoms with Crippen molar-refractivity contribution in [2.75, 3.05) is 6.54 Å². The lowest BCUT2D eigenvalue weighted by atomic mass is 10.2. The molecule has 0 spiro atoms. The van der Waals surface area contributed by atoms with E-state index in [1.54, 1.807) is 0 Å². The van der Waals surface area contributed by atoms with E-state index in [-0.39, 0.29) is 6.10 Å². The maximum atomic E-state index is 5.71.